The van der Waals surface area contributed by atoms with Crippen LogP contribution in [0.25, 0.3) is 0 Å². The fourth-order valence-electron chi connectivity index (χ4n) is 0.817. The molecule has 0 fully saturated rings. The van der Waals surface area contributed by atoms with Crippen LogP contribution in [0, 0.1) is 0 Å². The highest BCUT2D eigenvalue weighted by Gasteiger charge is 2.33. The van der Waals surface area contributed by atoms with Crippen molar-refractivity contribution < 1.29 is 52.8 Å². The Morgan fingerprint density at radius 2 is 1.56 bits per heavy atom. The number of hydrogen-bond donors (Lipinski definition) is 6. The average molecular weight is 310 g/mol. The Bertz CT molecular complexity index is 356. The first-order valence-corrected chi connectivity index (χ1v) is 7.28. The molecule has 0 aromatic carbocycles. The largest absolute Gasteiger partial charge is 0.470 e. The number of hydrogen-bond acceptors (Lipinski definition) is 7. The predicted octanol–water partition coefficient (Wildman–Crippen LogP) is -2.51. The molecule has 3 atom stereocenters. The molecule has 0 saturated heterocycles. The van der Waals surface area contributed by atoms with Crippen LogP contribution in [0.15, 0.2) is 0 Å². The molecular weight excluding hydrogens is 298 g/mol. The third kappa shape index (κ3) is 8.01. The molecule has 0 aliphatic carbocycles. The molecule has 0 heterocycles. The Morgan fingerprint density at radius 1 is 1.06 bits per heavy atom. The van der Waals surface area contributed by atoms with Gasteiger partial charge >= 0.3 is 15.6 Å². The van der Waals surface area contributed by atoms with Gasteiger partial charge in [0.2, 0.25) is 0 Å². The van der Waals surface area contributed by atoms with E-state index >= 15 is 0 Å². The van der Waals surface area contributed by atoms with Gasteiger partial charge in [-0.2, -0.15) is 0 Å². The van der Waals surface area contributed by atoms with Crippen molar-refractivity contribution >= 4 is 21.9 Å². The van der Waals surface area contributed by atoms with Crippen molar-refractivity contribution in [1.82, 2.24) is 0 Å². The zero-order valence-corrected chi connectivity index (χ0v) is 10.4. The van der Waals surface area contributed by atoms with Crippen LogP contribution in [0.5, 0.6) is 0 Å². The van der Waals surface area contributed by atoms with Crippen LogP contribution in [-0.2, 0) is 23.0 Å². The second kappa shape index (κ2) is 6.83. The molecule has 6 N–H and O–H groups in total. The van der Waals surface area contributed by atoms with E-state index in [1.165, 1.54) is 0 Å². The summed E-state index contributed by atoms with van der Waals surface area (Å²) in [4.78, 5) is 43.8. The third-order valence-electron chi connectivity index (χ3n) is 1.54. The molecule has 0 aliphatic rings. The Hall–Kier alpha value is -0.190. The standard InChI is InChI=1S/C5H12O11P2/c6-1-4(16-18(12,13)14)5(8)3(7)2-15-17(9,10)11/h1,3-5,7-8H,2H2,(H2,9,10,11)(H2,12,13,14)/t3-,4+,5-/m1/s1. The molecule has 18 heavy (non-hydrogen) atoms. The summed E-state index contributed by atoms with van der Waals surface area (Å²) in [6.45, 7) is -1.07. The number of aliphatic hydroxyl groups excluding tert-OH is 2. The number of aliphatic hydroxyl groups is 2. The highest BCUT2D eigenvalue weighted by Crippen LogP contribution is 2.39. The average Bonchev–Trinajstić information content (AvgIpc) is 2.19. The van der Waals surface area contributed by atoms with Gasteiger partial charge in [-0.1, -0.05) is 0 Å². The van der Waals surface area contributed by atoms with Gasteiger partial charge < -0.3 is 34.6 Å². The van der Waals surface area contributed by atoms with Crippen molar-refractivity contribution in [3.05, 3.63) is 0 Å². The summed E-state index contributed by atoms with van der Waals surface area (Å²) in [5, 5.41) is 18.4. The van der Waals surface area contributed by atoms with Crippen molar-refractivity contribution in [1.29, 1.82) is 0 Å². The number of rotatable bonds is 8. The molecule has 11 nitrogen and oxygen atoms in total. The van der Waals surface area contributed by atoms with E-state index in [1.54, 1.807) is 0 Å². The lowest BCUT2D eigenvalue weighted by Gasteiger charge is -2.22. The van der Waals surface area contributed by atoms with Crippen molar-refractivity contribution in [2.75, 3.05) is 6.61 Å². The van der Waals surface area contributed by atoms with E-state index in [9.17, 15) is 19.0 Å². The number of phosphoric ester groups is 2. The third-order valence-corrected chi connectivity index (χ3v) is 2.54. The van der Waals surface area contributed by atoms with Crippen LogP contribution in [0.2, 0.25) is 0 Å². The molecule has 0 radical (unpaired) electrons. The maximum absolute atomic E-state index is 10.4. The zero-order valence-electron chi connectivity index (χ0n) is 8.64. The van der Waals surface area contributed by atoms with E-state index in [0.717, 1.165) is 0 Å². The lowest BCUT2D eigenvalue weighted by Crippen LogP contribution is -2.41. The maximum Gasteiger partial charge on any atom is 0.470 e. The van der Waals surface area contributed by atoms with E-state index < -0.39 is 40.6 Å². The Balaban J connectivity index is 4.50. The SMILES string of the molecule is O=C[C@H](OP(=O)(O)O)[C@H](O)[C@H](O)COP(=O)(O)O. The molecular formula is C5H12O11P2. The van der Waals surface area contributed by atoms with E-state index in [-0.39, 0.29) is 6.29 Å². The summed E-state index contributed by atoms with van der Waals surface area (Å²) in [5.41, 5.74) is 0. The molecule has 0 aliphatic heterocycles. The lowest BCUT2D eigenvalue weighted by atomic mass is 10.1. The fourth-order valence-corrected chi connectivity index (χ4v) is 1.66. The second-order valence-corrected chi connectivity index (χ2v) is 5.47. The van der Waals surface area contributed by atoms with Crippen LogP contribution < -0.4 is 0 Å². The zero-order chi connectivity index (χ0) is 14.6. The summed E-state index contributed by atoms with van der Waals surface area (Å²) in [7, 11) is -9.97. The summed E-state index contributed by atoms with van der Waals surface area (Å²) in [5.74, 6) is 0. The first-order chi connectivity index (χ1) is 7.96. The molecule has 0 spiro atoms. The molecule has 108 valence electrons. The fraction of sp³-hybridized carbons (Fsp3) is 0.800. The molecule has 0 amide bonds. The number of aldehydes is 1. The van der Waals surface area contributed by atoms with Crippen LogP contribution in [0.1, 0.15) is 0 Å². The highest BCUT2D eigenvalue weighted by atomic mass is 31.2. The van der Waals surface area contributed by atoms with Crippen molar-refractivity contribution in [3.63, 3.8) is 0 Å². The summed E-state index contributed by atoms with van der Waals surface area (Å²) < 4.78 is 28.4. The predicted molar refractivity (Wildman–Crippen MR) is 53.0 cm³/mol. The van der Waals surface area contributed by atoms with Gasteiger partial charge in [0.05, 0.1) is 6.61 Å². The number of phosphoric acid groups is 2. The minimum Gasteiger partial charge on any atom is -0.388 e. The molecule has 0 rings (SSSR count). The van der Waals surface area contributed by atoms with Gasteiger partial charge in [0.15, 0.2) is 12.4 Å². The van der Waals surface area contributed by atoms with Crippen LogP contribution in [0.4, 0.5) is 0 Å². The molecule has 13 heteroatoms. The van der Waals surface area contributed by atoms with Gasteiger partial charge in [0.25, 0.3) is 0 Å². The quantitative estimate of drug-likeness (QED) is 0.205. The monoisotopic (exact) mass is 310 g/mol. The molecule has 0 saturated carbocycles. The number of carbonyl (C=O) groups excluding carboxylic acids is 1. The van der Waals surface area contributed by atoms with Gasteiger partial charge in [-0.25, -0.2) is 9.13 Å². The maximum atomic E-state index is 10.4. The van der Waals surface area contributed by atoms with Gasteiger partial charge in [0.1, 0.15) is 12.2 Å². The molecule has 0 aromatic rings. The minimum absolute atomic E-state index is 0.190. The smallest absolute Gasteiger partial charge is 0.388 e. The van der Waals surface area contributed by atoms with Gasteiger partial charge in [0, 0.05) is 0 Å². The lowest BCUT2D eigenvalue weighted by molar-refractivity contribution is -0.126. The van der Waals surface area contributed by atoms with E-state index in [4.69, 9.17) is 24.7 Å². The topological polar surface area (TPSA) is 191 Å². The van der Waals surface area contributed by atoms with Gasteiger partial charge in [-0.05, 0) is 0 Å². The molecule has 0 bridgehead atoms. The Labute approximate surface area is 100 Å². The van der Waals surface area contributed by atoms with Crippen LogP contribution in [0.3, 0.4) is 0 Å². The normalized spacial score (nSPS) is 18.1. The van der Waals surface area contributed by atoms with E-state index in [2.05, 4.69) is 9.05 Å². The molecule has 0 aromatic heterocycles. The Morgan fingerprint density at radius 3 is 1.89 bits per heavy atom. The van der Waals surface area contributed by atoms with Gasteiger partial charge in [-0.15, -0.1) is 0 Å². The minimum atomic E-state index is -5.08. The van der Waals surface area contributed by atoms with Crippen LogP contribution in [-0.4, -0.2) is 61.0 Å². The summed E-state index contributed by atoms with van der Waals surface area (Å²) >= 11 is 0. The van der Waals surface area contributed by atoms with Crippen molar-refractivity contribution in [2.45, 2.75) is 18.3 Å². The van der Waals surface area contributed by atoms with Crippen LogP contribution >= 0.6 is 15.6 Å². The van der Waals surface area contributed by atoms with Crippen molar-refractivity contribution in [2.24, 2.45) is 0 Å². The summed E-state index contributed by atoms with van der Waals surface area (Å²) in [6.07, 6.45) is -6.41. The van der Waals surface area contributed by atoms with E-state index in [1.807, 2.05) is 0 Å². The van der Waals surface area contributed by atoms with Gasteiger partial charge in [-0.3, -0.25) is 9.05 Å². The van der Waals surface area contributed by atoms with Crippen molar-refractivity contribution in [3.8, 4) is 0 Å². The highest BCUT2D eigenvalue weighted by molar-refractivity contribution is 7.46. The summed E-state index contributed by atoms with van der Waals surface area (Å²) in [6, 6.07) is 0. The first kappa shape index (κ1) is 17.8. The number of carbonyl (C=O) groups is 1. The van der Waals surface area contributed by atoms with E-state index in [0.29, 0.717) is 0 Å². The second-order valence-electron chi connectivity index (χ2n) is 3.04. The molecule has 0 unspecified atom stereocenters. The first-order valence-electron chi connectivity index (χ1n) is 4.22. The Kier molecular flexibility index (Phi) is 6.75.